The van der Waals surface area contributed by atoms with Gasteiger partial charge in [0, 0.05) is 70.0 Å². The Bertz CT molecular complexity index is 1990. The number of aryl methyl sites for hydroxylation is 1. The Morgan fingerprint density at radius 1 is 0.596 bits per heavy atom. The number of hydrogen-bond donors (Lipinski definition) is 0. The smallest absolute Gasteiger partial charge is 0.359 e. The van der Waals surface area contributed by atoms with E-state index in [1.807, 2.05) is 77.9 Å². The number of aromatic nitrogens is 2. The molecule has 3 heterocycles. The molecule has 0 amide bonds. The van der Waals surface area contributed by atoms with Crippen molar-refractivity contribution in [2.45, 2.75) is 33.4 Å². The zero-order valence-electron chi connectivity index (χ0n) is 34.4. The van der Waals surface area contributed by atoms with E-state index in [4.69, 9.17) is 18.9 Å². The molecule has 1 unspecified atom stereocenters. The molecule has 5 aromatic rings. The van der Waals surface area contributed by atoms with Crippen LogP contribution in [-0.4, -0.2) is 82.4 Å². The van der Waals surface area contributed by atoms with Gasteiger partial charge in [-0.15, -0.1) is 23.5 Å². The second-order valence-electron chi connectivity index (χ2n) is 13.3. The third kappa shape index (κ3) is 11.6. The maximum atomic E-state index is 5.39. The molecule has 0 spiro atoms. The Morgan fingerprint density at radius 3 is 1.72 bits per heavy atom. The monoisotopic (exact) mass is 827 g/mol. The molecule has 0 radical (unpaired) electrons. The molecule has 2 aliphatic rings. The highest BCUT2D eigenvalue weighted by molar-refractivity contribution is 7.99. The molecule has 0 saturated carbocycles. The van der Waals surface area contributed by atoms with Crippen LogP contribution in [0.25, 0.3) is 0 Å². The molecule has 1 atom stereocenters. The van der Waals surface area contributed by atoms with E-state index in [9.17, 15) is 0 Å². The molecular formula is C44H55N6O4S3+. The number of fused-ring (bicyclic) bond motifs is 1. The van der Waals surface area contributed by atoms with Crippen LogP contribution >= 0.6 is 35.3 Å². The third-order valence-electron chi connectivity index (χ3n) is 9.30. The normalized spacial score (nSPS) is 14.4. The van der Waals surface area contributed by atoms with Crippen LogP contribution in [0.4, 0.5) is 11.4 Å². The molecule has 302 valence electrons. The van der Waals surface area contributed by atoms with Crippen molar-refractivity contribution in [3.05, 3.63) is 139 Å². The number of anilines is 2. The fourth-order valence-electron chi connectivity index (χ4n) is 6.24. The molecule has 7 rings (SSSR count). The molecule has 4 aromatic carbocycles. The summed E-state index contributed by atoms with van der Waals surface area (Å²) in [5.41, 5.74) is 6.93. The topological polar surface area (TPSA) is 66.7 Å². The minimum atomic E-state index is 0.309. The predicted molar refractivity (Wildman–Crippen MR) is 239 cm³/mol. The van der Waals surface area contributed by atoms with Crippen LogP contribution < -0.4 is 33.3 Å². The number of methoxy groups -OCH3 is 4. The van der Waals surface area contributed by atoms with Crippen LogP contribution in [0.3, 0.4) is 0 Å². The first kappa shape index (κ1) is 43.3. The Kier molecular flexibility index (Phi) is 16.4. The fourth-order valence-corrected chi connectivity index (χ4v) is 9.45. The zero-order valence-corrected chi connectivity index (χ0v) is 36.8. The highest BCUT2D eigenvalue weighted by Gasteiger charge is 2.31. The average Bonchev–Trinajstić information content (AvgIpc) is 3.70. The summed E-state index contributed by atoms with van der Waals surface area (Å²) in [4.78, 5) is 13.3. The average molecular weight is 828 g/mol. The second kappa shape index (κ2) is 21.6. The maximum absolute atomic E-state index is 5.39. The first-order valence-electron chi connectivity index (χ1n) is 18.5. The lowest BCUT2D eigenvalue weighted by atomic mass is 10.2. The lowest BCUT2D eigenvalue weighted by Gasteiger charge is -2.27. The molecule has 57 heavy (non-hydrogen) atoms. The number of nitrogens with zero attached hydrogens (tertiary/aromatic N) is 6. The van der Waals surface area contributed by atoms with E-state index in [-0.39, 0.29) is 0 Å². The van der Waals surface area contributed by atoms with Gasteiger partial charge in [-0.3, -0.25) is 0 Å². The zero-order chi connectivity index (χ0) is 40.7. The first-order chi connectivity index (χ1) is 27.7. The third-order valence-corrected chi connectivity index (χ3v) is 13.3. The van der Waals surface area contributed by atoms with Crippen molar-refractivity contribution in [3.63, 3.8) is 0 Å². The van der Waals surface area contributed by atoms with E-state index >= 15 is 0 Å². The summed E-state index contributed by atoms with van der Waals surface area (Å²) >= 11 is 5.53. The largest absolute Gasteiger partial charge is 0.497 e. The molecule has 0 fully saturated rings. The highest BCUT2D eigenvalue weighted by atomic mass is 32.2. The number of rotatable bonds is 13. The molecule has 0 N–H and O–H groups in total. The van der Waals surface area contributed by atoms with Crippen molar-refractivity contribution in [1.29, 1.82) is 0 Å². The molecule has 13 heteroatoms. The fraction of sp³-hybridized carbons (Fsp3) is 0.318. The molecule has 0 aliphatic carbocycles. The number of benzene rings is 4. The molecule has 10 nitrogen and oxygen atoms in total. The predicted octanol–water partition coefficient (Wildman–Crippen LogP) is 8.57. The van der Waals surface area contributed by atoms with Crippen LogP contribution in [0.2, 0.25) is 0 Å². The molecule has 1 aromatic heterocycles. The van der Waals surface area contributed by atoms with Gasteiger partial charge in [-0.05, 0) is 57.7 Å². The van der Waals surface area contributed by atoms with Gasteiger partial charge in [-0.2, -0.15) is 0 Å². The number of ether oxygens (including phenoxy) is 4. The summed E-state index contributed by atoms with van der Waals surface area (Å²) in [5, 5.41) is 1.04. The quantitative estimate of drug-likeness (QED) is 0.0650. The first-order valence-corrected chi connectivity index (χ1v) is 21.5. The molecule has 0 bridgehead atoms. The molecular weight excluding hydrogens is 773 g/mol. The lowest BCUT2D eigenvalue weighted by Crippen LogP contribution is -2.36. The van der Waals surface area contributed by atoms with E-state index in [0.29, 0.717) is 28.2 Å². The number of thioether (sulfide) groups is 3. The summed E-state index contributed by atoms with van der Waals surface area (Å²) in [6.07, 6.45) is 7.99. The van der Waals surface area contributed by atoms with E-state index < -0.39 is 0 Å². The Balaban J connectivity index is 0.000000166. The molecule has 2 aliphatic heterocycles. The van der Waals surface area contributed by atoms with Gasteiger partial charge in [0.2, 0.25) is 5.75 Å². The van der Waals surface area contributed by atoms with Crippen molar-refractivity contribution in [3.8, 4) is 23.0 Å². The van der Waals surface area contributed by atoms with Crippen molar-refractivity contribution < 1.29 is 23.5 Å². The highest BCUT2D eigenvalue weighted by Crippen LogP contribution is 2.44. The van der Waals surface area contributed by atoms with Crippen LogP contribution in [0, 0.1) is 0 Å². The van der Waals surface area contributed by atoms with Gasteiger partial charge in [0.15, 0.2) is 17.0 Å². The number of hydrogen-bond acceptors (Lipinski definition) is 12. The Hall–Kier alpha value is -4.85. The van der Waals surface area contributed by atoms with E-state index in [2.05, 4.69) is 132 Å². The Morgan fingerprint density at radius 2 is 1.16 bits per heavy atom. The van der Waals surface area contributed by atoms with Gasteiger partial charge in [0.05, 0.1) is 53.1 Å². The van der Waals surface area contributed by atoms with E-state index in [1.54, 1.807) is 40.2 Å². The van der Waals surface area contributed by atoms with Crippen molar-refractivity contribution >= 4 is 46.7 Å². The summed E-state index contributed by atoms with van der Waals surface area (Å²) in [6.45, 7) is 0. The lowest BCUT2D eigenvalue weighted by molar-refractivity contribution is -0.713. The summed E-state index contributed by atoms with van der Waals surface area (Å²) in [7, 11) is 17.1. The van der Waals surface area contributed by atoms with Crippen molar-refractivity contribution in [2.75, 3.05) is 66.4 Å². The van der Waals surface area contributed by atoms with Crippen LogP contribution in [-0.2, 0) is 24.3 Å². The van der Waals surface area contributed by atoms with Gasteiger partial charge >= 0.3 is 5.16 Å². The van der Waals surface area contributed by atoms with E-state index in [0.717, 1.165) is 33.7 Å². The minimum Gasteiger partial charge on any atom is -0.497 e. The van der Waals surface area contributed by atoms with Crippen molar-refractivity contribution in [1.82, 2.24) is 14.8 Å². The summed E-state index contributed by atoms with van der Waals surface area (Å²) < 4.78 is 23.5. The van der Waals surface area contributed by atoms with E-state index in [1.165, 1.54) is 22.5 Å². The van der Waals surface area contributed by atoms with Gasteiger partial charge in [-0.1, -0.05) is 60.7 Å². The standard InChI is InChI=1S/C17H20N2OS.C15H22N2O3S.C12H13N2S/c1-18-15-10-9-14(20-3)11-16(15)19(2)17(18)21-12-13-7-5-4-6-8-13;1-16-6-7-17(2)15(16)21-10-11-8-12(18-3)14(20-5)13(9-11)19-4;1-14-9-5-8-13-12(14)15-10-11-6-3-2-4-7-11/h4-11,17H,12H2,1-3H3;6-9,15H,10H2,1-5H3;2-9H,10H2,1H3/q;;+1. The summed E-state index contributed by atoms with van der Waals surface area (Å²) in [5.74, 6) is 5.75. The van der Waals surface area contributed by atoms with Gasteiger partial charge in [-0.25, -0.2) is 4.57 Å². The summed E-state index contributed by atoms with van der Waals surface area (Å²) in [6, 6.07) is 33.2. The minimum absolute atomic E-state index is 0.309. The van der Waals surface area contributed by atoms with Crippen LogP contribution in [0.1, 0.15) is 16.7 Å². The van der Waals surface area contributed by atoms with Gasteiger partial charge < -0.3 is 38.5 Å². The Labute approximate surface area is 351 Å². The second-order valence-corrected chi connectivity index (χ2v) is 16.3. The molecule has 0 saturated heterocycles. The maximum Gasteiger partial charge on any atom is 0.359 e. The SMILES string of the molecule is COc1cc(CSC2N(C)C=CN2C)cc(OC)c1OC.COc1ccc2c(c1)N(C)C(SCc1ccccc1)N2C.C[n+]1cccnc1SCc1ccccc1. The van der Waals surface area contributed by atoms with Crippen LogP contribution in [0.5, 0.6) is 23.0 Å². The van der Waals surface area contributed by atoms with Gasteiger partial charge in [0.1, 0.15) is 17.4 Å². The van der Waals surface area contributed by atoms with Crippen molar-refractivity contribution in [2.24, 2.45) is 7.05 Å². The van der Waals surface area contributed by atoms with Crippen LogP contribution in [0.15, 0.2) is 127 Å². The van der Waals surface area contributed by atoms with Gasteiger partial charge in [0.25, 0.3) is 0 Å².